The molecule has 0 heterocycles. The second-order valence-corrected chi connectivity index (χ2v) is 6.35. The molecule has 2 aliphatic rings. The summed E-state index contributed by atoms with van der Waals surface area (Å²) in [5.41, 5.74) is 2.60. The lowest BCUT2D eigenvalue weighted by Crippen LogP contribution is -2.18. The quantitative estimate of drug-likeness (QED) is 0.797. The summed E-state index contributed by atoms with van der Waals surface area (Å²) in [4.78, 5) is 11.8. The molecule has 0 fully saturated rings. The lowest BCUT2D eigenvalue weighted by molar-refractivity contribution is -0.142. The zero-order valence-electron chi connectivity index (χ0n) is 13.3. The van der Waals surface area contributed by atoms with Crippen LogP contribution in [0.25, 0.3) is 29.0 Å². The van der Waals surface area contributed by atoms with E-state index in [9.17, 15) is 4.79 Å². The molecule has 2 heteroatoms. The maximum atomic E-state index is 11.8. The number of hydrogen-bond donors (Lipinski definition) is 0. The molecule has 0 saturated carbocycles. The third-order valence-electron chi connectivity index (χ3n) is 4.46. The van der Waals surface area contributed by atoms with Crippen LogP contribution in [0.2, 0.25) is 0 Å². The van der Waals surface area contributed by atoms with Gasteiger partial charge in [0.25, 0.3) is 0 Å². The van der Waals surface area contributed by atoms with Gasteiger partial charge in [-0.3, -0.25) is 4.79 Å². The number of carbonyl (C=O) groups is 1. The number of benzene rings is 2. The van der Waals surface area contributed by atoms with Crippen LogP contribution in [0.15, 0.2) is 42.2 Å². The molecule has 0 atom stereocenters. The van der Waals surface area contributed by atoms with Gasteiger partial charge in [0.2, 0.25) is 0 Å². The van der Waals surface area contributed by atoms with E-state index in [1.165, 1.54) is 27.1 Å². The number of esters is 1. The molecule has 0 amide bonds. The molecule has 0 radical (unpaired) electrons. The summed E-state index contributed by atoms with van der Waals surface area (Å²) in [7, 11) is 0. The average molecular weight is 302 g/mol. The number of carbonyl (C=O) groups excluding carboxylic acids is 1. The molecule has 2 aromatic rings. The van der Waals surface area contributed by atoms with Crippen molar-refractivity contribution in [1.29, 1.82) is 0 Å². The molecule has 2 aliphatic carbocycles. The third-order valence-corrected chi connectivity index (χ3v) is 4.46. The maximum absolute atomic E-state index is 11.8. The minimum atomic E-state index is -0.185. The Bertz CT molecular complexity index is 1000. The van der Waals surface area contributed by atoms with Crippen molar-refractivity contribution >= 4 is 35.0 Å². The number of allylic oxidation sites excluding steroid dienone is 3. The molecule has 0 saturated heterocycles. The molecule has 0 aliphatic heterocycles. The molecule has 114 valence electrons. The highest BCUT2D eigenvalue weighted by Crippen LogP contribution is 2.23. The Morgan fingerprint density at radius 1 is 1.09 bits per heavy atom. The van der Waals surface area contributed by atoms with Gasteiger partial charge in [0.15, 0.2) is 0 Å². The van der Waals surface area contributed by atoms with E-state index in [1.807, 2.05) is 26.0 Å². The molecule has 0 aromatic heterocycles. The van der Waals surface area contributed by atoms with E-state index in [0.717, 1.165) is 11.6 Å². The van der Waals surface area contributed by atoms with Crippen LogP contribution in [0.5, 0.6) is 0 Å². The van der Waals surface area contributed by atoms with Crippen molar-refractivity contribution in [3.63, 3.8) is 0 Å². The van der Waals surface area contributed by atoms with Crippen LogP contribution in [0.1, 0.15) is 25.0 Å². The highest BCUT2D eigenvalue weighted by Gasteiger charge is 2.14. The first-order valence-corrected chi connectivity index (χ1v) is 8.00. The molecule has 2 aromatic carbocycles. The summed E-state index contributed by atoms with van der Waals surface area (Å²) in [5, 5.41) is 4.98. The highest BCUT2D eigenvalue weighted by molar-refractivity contribution is 5.96. The van der Waals surface area contributed by atoms with Crippen LogP contribution in [0, 0.1) is 5.92 Å². The summed E-state index contributed by atoms with van der Waals surface area (Å²) >= 11 is 0. The first kappa shape index (κ1) is 14.0. The molecule has 0 bridgehead atoms. The lowest BCUT2D eigenvalue weighted by Gasteiger charge is -2.14. The Morgan fingerprint density at radius 2 is 1.87 bits per heavy atom. The standard InChI is InChI=1S/C21H18O2/c1-13(2)21(22)23-16-8-11-18-15(12-16)7-10-19-17-5-3-4-14(17)6-9-20(18)19/h3-10,12-13H,11H2,1-2H3. The number of fused-ring (bicyclic) bond motifs is 5. The number of hydrogen-bond acceptors (Lipinski definition) is 2. The van der Waals surface area contributed by atoms with Crippen LogP contribution >= 0.6 is 0 Å². The smallest absolute Gasteiger partial charge is 0.313 e. The van der Waals surface area contributed by atoms with Crippen molar-refractivity contribution in [2.75, 3.05) is 0 Å². The van der Waals surface area contributed by atoms with Crippen molar-refractivity contribution in [3.05, 3.63) is 63.7 Å². The van der Waals surface area contributed by atoms with E-state index in [-0.39, 0.29) is 11.9 Å². The SMILES string of the molecule is CC(C)C(=O)OC1=CCc2c(ccc3c4c(ccc23)=CC=C4)=C1. The number of ether oxygens (including phenoxy) is 1. The predicted molar refractivity (Wildman–Crippen MR) is 93.9 cm³/mol. The van der Waals surface area contributed by atoms with Crippen molar-refractivity contribution in [2.45, 2.75) is 20.3 Å². The van der Waals surface area contributed by atoms with E-state index >= 15 is 0 Å². The van der Waals surface area contributed by atoms with Gasteiger partial charge < -0.3 is 4.74 Å². The van der Waals surface area contributed by atoms with Gasteiger partial charge >= 0.3 is 5.97 Å². The molecule has 23 heavy (non-hydrogen) atoms. The van der Waals surface area contributed by atoms with Crippen molar-refractivity contribution < 1.29 is 9.53 Å². The zero-order valence-corrected chi connectivity index (χ0v) is 13.3. The van der Waals surface area contributed by atoms with E-state index in [0.29, 0.717) is 5.76 Å². The van der Waals surface area contributed by atoms with Crippen LogP contribution in [-0.2, 0) is 16.0 Å². The van der Waals surface area contributed by atoms with Gasteiger partial charge in [0.1, 0.15) is 5.76 Å². The topological polar surface area (TPSA) is 26.3 Å². The minimum Gasteiger partial charge on any atom is -0.427 e. The summed E-state index contributed by atoms with van der Waals surface area (Å²) < 4.78 is 5.45. The van der Waals surface area contributed by atoms with E-state index in [4.69, 9.17) is 4.74 Å². The second-order valence-electron chi connectivity index (χ2n) is 6.35. The summed E-state index contributed by atoms with van der Waals surface area (Å²) in [5.74, 6) is 0.355. The normalized spacial score (nSPS) is 14.8. The maximum Gasteiger partial charge on any atom is 0.313 e. The van der Waals surface area contributed by atoms with Crippen molar-refractivity contribution in [3.8, 4) is 0 Å². The van der Waals surface area contributed by atoms with Gasteiger partial charge in [-0.05, 0) is 50.9 Å². The molecule has 2 nitrogen and oxygen atoms in total. The van der Waals surface area contributed by atoms with Crippen LogP contribution < -0.4 is 10.4 Å². The Balaban J connectivity index is 1.81. The molecule has 0 unspecified atom stereocenters. The summed E-state index contributed by atoms with van der Waals surface area (Å²) in [6, 6.07) is 8.67. The molecule has 0 N–H and O–H groups in total. The molecule has 4 rings (SSSR count). The second kappa shape index (κ2) is 5.24. The zero-order chi connectivity index (χ0) is 16.0. The molecule has 0 spiro atoms. The Hall–Kier alpha value is -2.61. The minimum absolute atomic E-state index is 0.118. The first-order chi connectivity index (χ1) is 11.1. The average Bonchev–Trinajstić information content (AvgIpc) is 3.03. The van der Waals surface area contributed by atoms with E-state index in [1.54, 1.807) is 0 Å². The molecular weight excluding hydrogens is 284 g/mol. The van der Waals surface area contributed by atoms with Gasteiger partial charge in [0.05, 0.1) is 5.92 Å². The monoisotopic (exact) mass is 302 g/mol. The Kier molecular flexibility index (Phi) is 3.19. The fraction of sp³-hybridized carbons (Fsp3) is 0.190. The summed E-state index contributed by atoms with van der Waals surface area (Å²) in [6.07, 6.45) is 11.2. The van der Waals surface area contributed by atoms with Gasteiger partial charge in [-0.2, -0.15) is 0 Å². The van der Waals surface area contributed by atoms with Gasteiger partial charge in [-0.15, -0.1) is 0 Å². The predicted octanol–water partition coefficient (Wildman–Crippen LogP) is 3.07. The van der Waals surface area contributed by atoms with Gasteiger partial charge in [-0.1, -0.05) is 56.3 Å². The Labute approximate surface area is 135 Å². The summed E-state index contributed by atoms with van der Waals surface area (Å²) in [6.45, 7) is 3.69. The van der Waals surface area contributed by atoms with E-state index in [2.05, 4.69) is 42.5 Å². The van der Waals surface area contributed by atoms with Crippen molar-refractivity contribution in [1.82, 2.24) is 0 Å². The highest BCUT2D eigenvalue weighted by atomic mass is 16.5. The van der Waals surface area contributed by atoms with Crippen molar-refractivity contribution in [2.24, 2.45) is 5.92 Å². The number of rotatable bonds is 2. The van der Waals surface area contributed by atoms with Crippen LogP contribution in [0.4, 0.5) is 0 Å². The van der Waals surface area contributed by atoms with Crippen LogP contribution in [0.3, 0.4) is 0 Å². The van der Waals surface area contributed by atoms with Crippen LogP contribution in [-0.4, -0.2) is 5.97 Å². The van der Waals surface area contributed by atoms with E-state index < -0.39 is 0 Å². The first-order valence-electron chi connectivity index (χ1n) is 8.00. The Morgan fingerprint density at radius 3 is 2.70 bits per heavy atom. The third kappa shape index (κ3) is 2.31. The largest absolute Gasteiger partial charge is 0.427 e. The fourth-order valence-electron chi connectivity index (χ4n) is 3.19. The van der Waals surface area contributed by atoms with Gasteiger partial charge in [-0.25, -0.2) is 0 Å². The molecular formula is C21H18O2. The van der Waals surface area contributed by atoms with Gasteiger partial charge in [0, 0.05) is 0 Å². The fourth-order valence-corrected chi connectivity index (χ4v) is 3.19. The lowest BCUT2D eigenvalue weighted by atomic mass is 9.93.